The van der Waals surface area contributed by atoms with E-state index in [0.29, 0.717) is 25.3 Å². The van der Waals surface area contributed by atoms with Crippen molar-refractivity contribution in [3.8, 4) is 0 Å². The molecule has 1 saturated carbocycles. The van der Waals surface area contributed by atoms with Crippen molar-refractivity contribution in [2.24, 2.45) is 0 Å². The van der Waals surface area contributed by atoms with Gasteiger partial charge in [-0.25, -0.2) is 8.42 Å². The van der Waals surface area contributed by atoms with E-state index in [2.05, 4.69) is 12.2 Å². The van der Waals surface area contributed by atoms with Crippen LogP contribution in [0.15, 0.2) is 0 Å². The normalized spacial score (nSPS) is 28.6. The van der Waals surface area contributed by atoms with E-state index in [9.17, 15) is 13.5 Å². The minimum Gasteiger partial charge on any atom is -0.390 e. The lowest BCUT2D eigenvalue weighted by Gasteiger charge is -2.37. The second kappa shape index (κ2) is 6.75. The van der Waals surface area contributed by atoms with Gasteiger partial charge in [-0.1, -0.05) is 6.92 Å². The second-order valence-corrected chi connectivity index (χ2v) is 10.00. The zero-order chi connectivity index (χ0) is 15.4. The van der Waals surface area contributed by atoms with E-state index in [-0.39, 0.29) is 5.75 Å². The number of hydrogen-bond acceptors (Lipinski definition) is 4. The first kappa shape index (κ1) is 17.9. The molecular formula is C15H31NO3S. The Balaban J connectivity index is 2.46. The van der Waals surface area contributed by atoms with Gasteiger partial charge in [-0.05, 0) is 65.8 Å². The third-order valence-electron chi connectivity index (χ3n) is 4.37. The van der Waals surface area contributed by atoms with E-state index in [0.717, 1.165) is 25.8 Å². The average molecular weight is 305 g/mol. The van der Waals surface area contributed by atoms with Gasteiger partial charge in [0.05, 0.1) is 16.1 Å². The molecule has 1 aliphatic carbocycles. The molecule has 5 heteroatoms. The number of aliphatic hydroxyl groups is 1. The standard InChI is InChI=1S/C15H31NO3S/c1-5-11-16-13-6-8-15(17,9-7-13)10-12-20(18,19)14(2,3)4/h13,16-17H,5-12H2,1-4H3. The molecule has 0 amide bonds. The summed E-state index contributed by atoms with van der Waals surface area (Å²) in [4.78, 5) is 0. The molecule has 0 spiro atoms. The van der Waals surface area contributed by atoms with Crippen molar-refractivity contribution >= 4 is 9.84 Å². The maximum Gasteiger partial charge on any atom is 0.155 e. The molecule has 0 aliphatic heterocycles. The molecule has 0 unspecified atom stereocenters. The van der Waals surface area contributed by atoms with Gasteiger partial charge >= 0.3 is 0 Å². The minimum absolute atomic E-state index is 0.0834. The van der Waals surface area contributed by atoms with Crippen molar-refractivity contribution < 1.29 is 13.5 Å². The van der Waals surface area contributed by atoms with E-state index in [1.54, 1.807) is 20.8 Å². The second-order valence-electron chi connectivity index (χ2n) is 7.13. The highest BCUT2D eigenvalue weighted by molar-refractivity contribution is 7.92. The molecule has 1 rings (SSSR count). The summed E-state index contributed by atoms with van der Waals surface area (Å²) in [5, 5.41) is 14.0. The molecule has 4 nitrogen and oxygen atoms in total. The molecular weight excluding hydrogens is 274 g/mol. The van der Waals surface area contributed by atoms with E-state index < -0.39 is 20.2 Å². The van der Waals surface area contributed by atoms with Crippen LogP contribution in [0.25, 0.3) is 0 Å². The Morgan fingerprint density at radius 1 is 1.25 bits per heavy atom. The number of sulfone groups is 1. The molecule has 0 aromatic rings. The predicted octanol–water partition coefficient (Wildman–Crippen LogP) is 2.26. The molecule has 0 heterocycles. The topological polar surface area (TPSA) is 66.4 Å². The Kier molecular flexibility index (Phi) is 6.05. The molecule has 1 aliphatic rings. The summed E-state index contributed by atoms with van der Waals surface area (Å²) in [6.07, 6.45) is 4.76. The quantitative estimate of drug-likeness (QED) is 0.790. The molecule has 20 heavy (non-hydrogen) atoms. The first-order valence-electron chi connectivity index (χ1n) is 7.78. The number of nitrogens with one attached hydrogen (secondary N) is 1. The van der Waals surface area contributed by atoms with Gasteiger partial charge in [0.1, 0.15) is 0 Å². The molecule has 2 N–H and O–H groups in total. The maximum absolute atomic E-state index is 12.1. The van der Waals surface area contributed by atoms with Crippen LogP contribution in [-0.4, -0.2) is 42.2 Å². The molecule has 1 fully saturated rings. The van der Waals surface area contributed by atoms with Crippen molar-refractivity contribution in [1.29, 1.82) is 0 Å². The van der Waals surface area contributed by atoms with Crippen molar-refractivity contribution in [3.63, 3.8) is 0 Å². The zero-order valence-corrected chi connectivity index (χ0v) is 14.2. The predicted molar refractivity (Wildman–Crippen MR) is 83.7 cm³/mol. The lowest BCUT2D eigenvalue weighted by atomic mass is 9.80. The molecule has 0 saturated heterocycles. The van der Waals surface area contributed by atoms with Crippen LogP contribution in [0.3, 0.4) is 0 Å². The summed E-state index contributed by atoms with van der Waals surface area (Å²) in [5.41, 5.74) is -0.789. The lowest BCUT2D eigenvalue weighted by Crippen LogP contribution is -2.43. The highest BCUT2D eigenvalue weighted by atomic mass is 32.2. The Morgan fingerprint density at radius 3 is 2.25 bits per heavy atom. The summed E-state index contributed by atoms with van der Waals surface area (Å²) in [5.74, 6) is 0.0834. The smallest absolute Gasteiger partial charge is 0.155 e. The Bertz CT molecular complexity index is 390. The van der Waals surface area contributed by atoms with Crippen LogP contribution in [0, 0.1) is 0 Å². The number of hydrogen-bond donors (Lipinski definition) is 2. The minimum atomic E-state index is -3.14. The molecule has 0 aromatic carbocycles. The number of rotatable bonds is 6. The maximum atomic E-state index is 12.1. The first-order valence-corrected chi connectivity index (χ1v) is 9.43. The van der Waals surface area contributed by atoms with Crippen LogP contribution in [0.4, 0.5) is 0 Å². The molecule has 0 atom stereocenters. The van der Waals surface area contributed by atoms with Crippen LogP contribution in [0.2, 0.25) is 0 Å². The highest BCUT2D eigenvalue weighted by Gasteiger charge is 2.36. The van der Waals surface area contributed by atoms with Gasteiger partial charge in [0.25, 0.3) is 0 Å². The SMILES string of the molecule is CCCNC1CCC(O)(CCS(=O)(=O)C(C)(C)C)CC1. The van der Waals surface area contributed by atoms with Gasteiger partial charge in [-0.3, -0.25) is 0 Å². The van der Waals surface area contributed by atoms with Crippen LogP contribution >= 0.6 is 0 Å². The average Bonchev–Trinajstić information content (AvgIpc) is 2.35. The van der Waals surface area contributed by atoms with Gasteiger partial charge in [0.15, 0.2) is 9.84 Å². The largest absolute Gasteiger partial charge is 0.390 e. The van der Waals surface area contributed by atoms with Crippen LogP contribution < -0.4 is 5.32 Å². The van der Waals surface area contributed by atoms with E-state index in [1.807, 2.05) is 0 Å². The van der Waals surface area contributed by atoms with Crippen molar-refractivity contribution in [3.05, 3.63) is 0 Å². The molecule has 120 valence electrons. The van der Waals surface area contributed by atoms with Crippen molar-refractivity contribution in [2.75, 3.05) is 12.3 Å². The van der Waals surface area contributed by atoms with Crippen molar-refractivity contribution in [1.82, 2.24) is 5.32 Å². The third-order valence-corrected chi connectivity index (χ3v) is 6.98. The Labute approximate surface area is 124 Å². The highest BCUT2D eigenvalue weighted by Crippen LogP contribution is 2.32. The van der Waals surface area contributed by atoms with Crippen LogP contribution in [0.1, 0.15) is 66.2 Å². The van der Waals surface area contributed by atoms with E-state index in [4.69, 9.17) is 0 Å². The molecule has 0 radical (unpaired) electrons. The molecule has 0 aromatic heterocycles. The zero-order valence-electron chi connectivity index (χ0n) is 13.4. The lowest BCUT2D eigenvalue weighted by molar-refractivity contribution is -0.00609. The third kappa shape index (κ3) is 5.01. The summed E-state index contributed by atoms with van der Waals surface area (Å²) in [6.45, 7) is 8.32. The monoisotopic (exact) mass is 305 g/mol. The Morgan fingerprint density at radius 2 is 1.80 bits per heavy atom. The summed E-state index contributed by atoms with van der Waals surface area (Å²) in [7, 11) is -3.14. The van der Waals surface area contributed by atoms with Gasteiger partial charge in [-0.2, -0.15) is 0 Å². The molecule has 0 bridgehead atoms. The fraction of sp³-hybridized carbons (Fsp3) is 1.00. The summed E-state index contributed by atoms with van der Waals surface area (Å²) >= 11 is 0. The van der Waals surface area contributed by atoms with Gasteiger partial charge in [-0.15, -0.1) is 0 Å². The van der Waals surface area contributed by atoms with Gasteiger partial charge in [0.2, 0.25) is 0 Å². The van der Waals surface area contributed by atoms with Crippen molar-refractivity contribution in [2.45, 2.75) is 82.6 Å². The summed E-state index contributed by atoms with van der Waals surface area (Å²) in [6, 6.07) is 0.481. The van der Waals surface area contributed by atoms with Gasteiger partial charge in [0, 0.05) is 6.04 Å². The van der Waals surface area contributed by atoms with Crippen LogP contribution in [0.5, 0.6) is 0 Å². The fourth-order valence-corrected chi connectivity index (χ4v) is 3.85. The van der Waals surface area contributed by atoms with E-state index in [1.165, 1.54) is 0 Å². The van der Waals surface area contributed by atoms with Gasteiger partial charge < -0.3 is 10.4 Å². The van der Waals surface area contributed by atoms with E-state index >= 15 is 0 Å². The van der Waals surface area contributed by atoms with Crippen LogP contribution in [-0.2, 0) is 9.84 Å². The Hall–Kier alpha value is -0.130. The summed E-state index contributed by atoms with van der Waals surface area (Å²) < 4.78 is 23.5. The fourth-order valence-electron chi connectivity index (χ4n) is 2.59. The first-order chi connectivity index (χ1) is 9.10.